The molecule has 0 radical (unpaired) electrons. The van der Waals surface area contributed by atoms with Crippen molar-refractivity contribution in [3.63, 3.8) is 0 Å². The van der Waals surface area contributed by atoms with Crippen molar-refractivity contribution in [2.24, 2.45) is 0 Å². The number of alkyl halides is 6. The largest absolute Gasteiger partial charge is 0.446 e. The number of cyclic esters (lactones) is 1. The summed E-state index contributed by atoms with van der Waals surface area (Å²) in [5, 5.41) is 0. The van der Waals surface area contributed by atoms with Crippen LogP contribution in [0.4, 0.5) is 36.8 Å². The second-order valence-electron chi connectivity index (χ2n) is 6.22. The van der Waals surface area contributed by atoms with Crippen molar-refractivity contribution in [2.75, 3.05) is 11.5 Å². The summed E-state index contributed by atoms with van der Waals surface area (Å²) < 4.78 is 85.4. The van der Waals surface area contributed by atoms with E-state index in [9.17, 15) is 31.1 Å². The Morgan fingerprint density at radius 1 is 0.889 bits per heavy atom. The summed E-state index contributed by atoms with van der Waals surface area (Å²) in [7, 11) is 0. The van der Waals surface area contributed by atoms with Crippen LogP contribution in [0.25, 0.3) is 0 Å². The van der Waals surface area contributed by atoms with Crippen LogP contribution in [0.1, 0.15) is 23.6 Å². The van der Waals surface area contributed by atoms with Gasteiger partial charge >= 0.3 is 18.4 Å². The molecule has 1 fully saturated rings. The fourth-order valence-corrected chi connectivity index (χ4v) is 3.20. The Balaban J connectivity index is 2.23. The molecule has 0 spiro atoms. The number of hydrogen-bond donors (Lipinski definition) is 0. The van der Waals surface area contributed by atoms with Gasteiger partial charge in [-0.3, -0.25) is 4.90 Å². The summed E-state index contributed by atoms with van der Waals surface area (Å²) in [5.74, 6) is 0. The van der Waals surface area contributed by atoms with Gasteiger partial charge in [0.2, 0.25) is 0 Å². The van der Waals surface area contributed by atoms with Gasteiger partial charge in [-0.25, -0.2) is 4.79 Å². The van der Waals surface area contributed by atoms with Crippen LogP contribution in [0.5, 0.6) is 0 Å². The lowest BCUT2D eigenvalue weighted by atomic mass is 9.87. The van der Waals surface area contributed by atoms with Gasteiger partial charge in [0.15, 0.2) is 0 Å². The monoisotopic (exact) mass is 389 g/mol. The molecule has 1 heterocycles. The van der Waals surface area contributed by atoms with E-state index in [1.54, 1.807) is 0 Å². The van der Waals surface area contributed by atoms with Crippen molar-refractivity contribution in [1.82, 2.24) is 0 Å². The van der Waals surface area contributed by atoms with Crippen LogP contribution >= 0.6 is 0 Å². The molecule has 3 nitrogen and oxygen atoms in total. The van der Waals surface area contributed by atoms with E-state index in [1.165, 1.54) is 25.1 Å². The lowest BCUT2D eigenvalue weighted by Gasteiger charge is -2.35. The Morgan fingerprint density at radius 3 is 2.00 bits per heavy atom. The maximum absolute atomic E-state index is 13.4. The van der Waals surface area contributed by atoms with Crippen molar-refractivity contribution < 1.29 is 35.9 Å². The Labute approximate surface area is 150 Å². The molecule has 1 atom stereocenters. The lowest BCUT2D eigenvalue weighted by Crippen LogP contribution is -2.44. The smallest absolute Gasteiger partial charge is 0.418 e. The third-order valence-corrected chi connectivity index (χ3v) is 4.42. The van der Waals surface area contributed by atoms with Crippen LogP contribution in [-0.2, 0) is 22.6 Å². The van der Waals surface area contributed by atoms with Crippen molar-refractivity contribution in [1.29, 1.82) is 0 Å². The molecule has 1 saturated heterocycles. The average Bonchev–Trinajstić information content (AvgIpc) is 2.89. The first kappa shape index (κ1) is 19.1. The Morgan fingerprint density at radius 2 is 1.41 bits per heavy atom. The zero-order valence-corrected chi connectivity index (χ0v) is 13.9. The number of halogens is 6. The van der Waals surface area contributed by atoms with Gasteiger partial charge in [-0.05, 0) is 30.7 Å². The summed E-state index contributed by atoms with van der Waals surface area (Å²) >= 11 is 0. The fraction of sp³-hybridized carbons (Fsp3) is 0.278. The van der Waals surface area contributed by atoms with E-state index in [1.807, 2.05) is 0 Å². The third kappa shape index (κ3) is 3.22. The second kappa shape index (κ2) is 6.17. The quantitative estimate of drug-likeness (QED) is 0.626. The number of benzene rings is 2. The molecule has 0 aromatic heterocycles. The first-order valence-corrected chi connectivity index (χ1v) is 7.76. The highest BCUT2D eigenvalue weighted by Crippen LogP contribution is 2.47. The highest BCUT2D eigenvalue weighted by molar-refractivity contribution is 5.93. The number of rotatable bonds is 2. The minimum absolute atomic E-state index is 0.347. The van der Waals surface area contributed by atoms with Crippen LogP contribution in [-0.4, -0.2) is 12.7 Å². The van der Waals surface area contributed by atoms with Gasteiger partial charge in [-0.1, -0.05) is 30.3 Å². The van der Waals surface area contributed by atoms with E-state index in [2.05, 4.69) is 0 Å². The zero-order valence-electron chi connectivity index (χ0n) is 13.9. The van der Waals surface area contributed by atoms with Crippen LogP contribution in [0, 0.1) is 0 Å². The van der Waals surface area contributed by atoms with Crippen LogP contribution in [0.15, 0.2) is 48.5 Å². The van der Waals surface area contributed by atoms with E-state index >= 15 is 0 Å². The molecule has 2 aromatic rings. The molecule has 1 aliphatic rings. The van der Waals surface area contributed by atoms with Crippen molar-refractivity contribution in [3.05, 3.63) is 65.2 Å². The summed E-state index contributed by atoms with van der Waals surface area (Å²) in [5.41, 5.74) is -4.86. The summed E-state index contributed by atoms with van der Waals surface area (Å²) in [6.45, 7) is 0.723. The first-order chi connectivity index (χ1) is 12.5. The van der Waals surface area contributed by atoms with Gasteiger partial charge in [-0.2, -0.15) is 26.3 Å². The van der Waals surface area contributed by atoms with Gasteiger partial charge < -0.3 is 4.74 Å². The average molecular weight is 389 g/mol. The molecule has 1 unspecified atom stereocenters. The summed E-state index contributed by atoms with van der Waals surface area (Å²) in [4.78, 5) is 12.9. The molecule has 1 aliphatic heterocycles. The molecule has 2 aromatic carbocycles. The molecule has 27 heavy (non-hydrogen) atoms. The van der Waals surface area contributed by atoms with Crippen LogP contribution in [0.2, 0.25) is 0 Å². The normalized spacial score (nSPS) is 20.7. The van der Waals surface area contributed by atoms with Gasteiger partial charge in [0.25, 0.3) is 0 Å². The van der Waals surface area contributed by atoms with E-state index in [0.29, 0.717) is 4.90 Å². The summed E-state index contributed by atoms with van der Waals surface area (Å²) in [6, 6.07) is 8.64. The number of para-hydroxylation sites is 1. The number of ether oxygens (including phenoxy) is 1. The van der Waals surface area contributed by atoms with Crippen molar-refractivity contribution in [2.45, 2.75) is 24.8 Å². The minimum atomic E-state index is -4.80. The van der Waals surface area contributed by atoms with E-state index in [-0.39, 0.29) is 5.56 Å². The molecular formula is C18H13F6NO2. The highest BCUT2D eigenvalue weighted by atomic mass is 19.4. The van der Waals surface area contributed by atoms with E-state index < -0.39 is 47.4 Å². The van der Waals surface area contributed by atoms with Gasteiger partial charge in [0.1, 0.15) is 12.1 Å². The molecule has 0 N–H and O–H groups in total. The lowest BCUT2D eigenvalue weighted by molar-refractivity contribution is -0.139. The highest BCUT2D eigenvalue weighted by Gasteiger charge is 2.51. The second-order valence-corrected chi connectivity index (χ2v) is 6.22. The number of amides is 1. The third-order valence-electron chi connectivity index (χ3n) is 4.42. The molecule has 144 valence electrons. The molecule has 9 heteroatoms. The molecule has 0 saturated carbocycles. The predicted octanol–water partition coefficient (Wildman–Crippen LogP) is 5.60. The van der Waals surface area contributed by atoms with Gasteiger partial charge in [-0.15, -0.1) is 0 Å². The Kier molecular flexibility index (Phi) is 4.36. The summed E-state index contributed by atoms with van der Waals surface area (Å²) in [6.07, 6.45) is -10.7. The topological polar surface area (TPSA) is 29.5 Å². The number of carbonyl (C=O) groups is 1. The Bertz CT molecular complexity index is 877. The zero-order chi connectivity index (χ0) is 20.0. The predicted molar refractivity (Wildman–Crippen MR) is 84.1 cm³/mol. The standard InChI is InChI=1S/C18H13F6NO2/c1-16(11-6-2-3-7-12(11)17(19,20)21)10-27-15(26)25(16)14-9-5-4-8-13(14)18(22,23)24/h2-9H,10H2,1H3. The molecule has 0 aliphatic carbocycles. The molecule has 0 bridgehead atoms. The van der Waals surface area contributed by atoms with Crippen LogP contribution < -0.4 is 4.90 Å². The van der Waals surface area contributed by atoms with E-state index in [4.69, 9.17) is 4.74 Å². The van der Waals surface area contributed by atoms with Gasteiger partial charge in [0, 0.05) is 0 Å². The fourth-order valence-electron chi connectivity index (χ4n) is 3.20. The molecule has 1 amide bonds. The SMILES string of the molecule is CC1(c2ccccc2C(F)(F)F)COC(=O)N1c1ccccc1C(F)(F)F. The van der Waals surface area contributed by atoms with Crippen molar-refractivity contribution in [3.8, 4) is 0 Å². The molecular weight excluding hydrogens is 376 g/mol. The van der Waals surface area contributed by atoms with Crippen LogP contribution in [0.3, 0.4) is 0 Å². The first-order valence-electron chi connectivity index (χ1n) is 7.76. The Hall–Kier alpha value is -2.71. The van der Waals surface area contributed by atoms with Crippen molar-refractivity contribution >= 4 is 11.8 Å². The maximum Gasteiger partial charge on any atom is 0.418 e. The number of hydrogen-bond acceptors (Lipinski definition) is 2. The minimum Gasteiger partial charge on any atom is -0.446 e. The number of nitrogens with zero attached hydrogens (tertiary/aromatic N) is 1. The maximum atomic E-state index is 13.4. The molecule has 3 rings (SSSR count). The van der Waals surface area contributed by atoms with Gasteiger partial charge in [0.05, 0.1) is 16.8 Å². The number of anilines is 1. The number of carbonyl (C=O) groups excluding carboxylic acids is 1. The van der Waals surface area contributed by atoms with E-state index in [0.717, 1.165) is 30.3 Å².